The van der Waals surface area contributed by atoms with Crippen molar-refractivity contribution in [2.45, 2.75) is 27.1 Å². The third-order valence-electron chi connectivity index (χ3n) is 4.43. The van der Waals surface area contributed by atoms with Gasteiger partial charge >= 0.3 is 0 Å². The molecule has 3 aromatic rings. The first-order valence-corrected chi connectivity index (χ1v) is 10.4. The van der Waals surface area contributed by atoms with E-state index < -0.39 is 4.92 Å². The lowest BCUT2D eigenvalue weighted by Gasteiger charge is -2.14. The number of ether oxygens (including phenoxy) is 2. The summed E-state index contributed by atoms with van der Waals surface area (Å²) in [7, 11) is 0. The smallest absolute Gasteiger partial charge is 0.269 e. The Hall–Kier alpha value is -3.58. The van der Waals surface area contributed by atoms with Gasteiger partial charge in [0.25, 0.3) is 5.69 Å². The highest BCUT2D eigenvalue weighted by Gasteiger charge is 2.13. The minimum Gasteiger partial charge on any atom is -0.490 e. The lowest BCUT2D eigenvalue weighted by atomic mass is 10.1. The van der Waals surface area contributed by atoms with Gasteiger partial charge in [0.15, 0.2) is 11.5 Å². The molecule has 8 heteroatoms. The number of non-ortho nitro benzene ring substituents is 1. The second kappa shape index (κ2) is 11.2. The topological polar surface area (TPSA) is 83.2 Å². The van der Waals surface area contributed by atoms with Gasteiger partial charge in [-0.1, -0.05) is 58.7 Å². The van der Waals surface area contributed by atoms with Crippen LogP contribution >= 0.6 is 11.6 Å². The Labute approximate surface area is 191 Å². The number of nitro benzene ring substituents is 1. The zero-order valence-corrected chi connectivity index (χ0v) is 18.5. The van der Waals surface area contributed by atoms with E-state index in [1.807, 2.05) is 38.1 Å². The molecule has 0 aromatic heterocycles. The van der Waals surface area contributed by atoms with Crippen LogP contribution in [-0.4, -0.2) is 17.7 Å². The first kappa shape index (κ1) is 23.1. The predicted octanol–water partition coefficient (Wildman–Crippen LogP) is 6.09. The minimum atomic E-state index is -0.452. The number of halogens is 1. The average molecular weight is 455 g/mol. The summed E-state index contributed by atoms with van der Waals surface area (Å²) in [6.45, 7) is 4.81. The molecule has 0 N–H and O–H groups in total. The highest BCUT2D eigenvalue weighted by atomic mass is 35.5. The van der Waals surface area contributed by atoms with Crippen molar-refractivity contribution >= 4 is 23.5 Å². The Morgan fingerprint density at radius 2 is 1.78 bits per heavy atom. The van der Waals surface area contributed by atoms with E-state index in [-0.39, 0.29) is 12.3 Å². The quantitative estimate of drug-likeness (QED) is 0.210. The summed E-state index contributed by atoms with van der Waals surface area (Å²) in [6, 6.07) is 17.7. The van der Waals surface area contributed by atoms with Gasteiger partial charge in [-0.25, -0.2) is 0 Å². The monoisotopic (exact) mass is 454 g/mol. The number of benzene rings is 3. The molecule has 0 spiro atoms. The van der Waals surface area contributed by atoms with E-state index >= 15 is 0 Å². The first-order chi connectivity index (χ1) is 15.5. The molecule has 3 rings (SSSR count). The third-order valence-corrected chi connectivity index (χ3v) is 4.71. The van der Waals surface area contributed by atoms with Crippen molar-refractivity contribution in [3.8, 4) is 11.5 Å². The van der Waals surface area contributed by atoms with Gasteiger partial charge in [0.2, 0.25) is 0 Å². The second-order valence-corrected chi connectivity index (χ2v) is 7.38. The van der Waals surface area contributed by atoms with Crippen LogP contribution in [0.4, 0.5) is 5.69 Å². The van der Waals surface area contributed by atoms with Gasteiger partial charge in [-0.2, -0.15) is 0 Å². The predicted molar refractivity (Wildman–Crippen MR) is 124 cm³/mol. The van der Waals surface area contributed by atoms with E-state index in [1.165, 1.54) is 18.3 Å². The molecule has 32 heavy (non-hydrogen) atoms. The average Bonchev–Trinajstić information content (AvgIpc) is 2.76. The van der Waals surface area contributed by atoms with Crippen molar-refractivity contribution < 1.29 is 19.2 Å². The summed E-state index contributed by atoms with van der Waals surface area (Å²) in [5.41, 5.74) is 3.50. The fourth-order valence-corrected chi connectivity index (χ4v) is 3.27. The van der Waals surface area contributed by atoms with Crippen molar-refractivity contribution in [3.63, 3.8) is 0 Å². The Balaban J connectivity index is 1.68. The highest BCUT2D eigenvalue weighted by molar-refractivity contribution is 6.32. The zero-order chi connectivity index (χ0) is 22.9. The highest BCUT2D eigenvalue weighted by Crippen LogP contribution is 2.37. The summed E-state index contributed by atoms with van der Waals surface area (Å²) < 4.78 is 11.6. The van der Waals surface area contributed by atoms with Crippen molar-refractivity contribution in [1.82, 2.24) is 0 Å². The number of nitro groups is 1. The maximum Gasteiger partial charge on any atom is 0.269 e. The molecule has 0 saturated carbocycles. The molecule has 166 valence electrons. The van der Waals surface area contributed by atoms with Crippen LogP contribution in [0, 0.1) is 17.0 Å². The van der Waals surface area contributed by atoms with Gasteiger partial charge in [0.1, 0.15) is 13.2 Å². The van der Waals surface area contributed by atoms with Crippen LogP contribution < -0.4 is 9.47 Å². The molecular formula is C24H23ClN2O5. The number of hydrogen-bond donors (Lipinski definition) is 0. The van der Waals surface area contributed by atoms with Gasteiger partial charge in [0, 0.05) is 17.7 Å². The van der Waals surface area contributed by atoms with Gasteiger partial charge in [0.05, 0.1) is 22.8 Å². The van der Waals surface area contributed by atoms with E-state index in [1.54, 1.807) is 24.3 Å². The molecule has 0 fully saturated rings. The number of rotatable bonds is 10. The molecule has 3 aromatic carbocycles. The van der Waals surface area contributed by atoms with E-state index in [9.17, 15) is 10.1 Å². The van der Waals surface area contributed by atoms with Crippen molar-refractivity contribution in [2.24, 2.45) is 5.16 Å². The number of aryl methyl sites for hydroxylation is 1. The van der Waals surface area contributed by atoms with E-state index in [0.717, 1.165) is 11.1 Å². The normalized spacial score (nSPS) is 10.8. The lowest BCUT2D eigenvalue weighted by Crippen LogP contribution is -2.01. The molecule has 7 nitrogen and oxygen atoms in total. The molecular weight excluding hydrogens is 432 g/mol. The van der Waals surface area contributed by atoms with Gasteiger partial charge in [-0.05, 0) is 37.1 Å². The summed E-state index contributed by atoms with van der Waals surface area (Å²) in [6.07, 6.45) is 1.50. The van der Waals surface area contributed by atoms with Crippen molar-refractivity contribution in [1.29, 1.82) is 0 Å². The standard InChI is InChI=1S/C24H23ClN2O5/c1-3-30-23-13-20(14-26-32-16-19-8-5-9-21(11-19)27(28)29)12-22(25)24(23)31-15-18-7-4-6-17(2)10-18/h4-14H,3,15-16H2,1-2H3/b26-14-. The van der Waals surface area contributed by atoms with Crippen LogP contribution in [0.15, 0.2) is 65.8 Å². The van der Waals surface area contributed by atoms with Crippen LogP contribution in [0.5, 0.6) is 11.5 Å². The molecule has 0 aliphatic carbocycles. The first-order valence-electron chi connectivity index (χ1n) is 9.99. The van der Waals surface area contributed by atoms with Gasteiger partial charge in [-0.15, -0.1) is 0 Å². The Morgan fingerprint density at radius 3 is 2.50 bits per heavy atom. The fourth-order valence-electron chi connectivity index (χ4n) is 2.99. The summed E-state index contributed by atoms with van der Waals surface area (Å²) >= 11 is 6.45. The molecule has 0 unspecified atom stereocenters. The molecule has 0 aliphatic rings. The molecule has 0 radical (unpaired) electrons. The summed E-state index contributed by atoms with van der Waals surface area (Å²) in [5, 5.41) is 15.2. The Morgan fingerprint density at radius 1 is 1.03 bits per heavy atom. The summed E-state index contributed by atoms with van der Waals surface area (Å²) in [5.74, 6) is 0.970. The second-order valence-electron chi connectivity index (χ2n) is 6.98. The minimum absolute atomic E-state index is 0.00414. The fraction of sp³-hybridized carbons (Fsp3) is 0.208. The molecule has 0 aliphatic heterocycles. The van der Waals surface area contributed by atoms with Crippen LogP contribution in [0.3, 0.4) is 0 Å². The number of nitrogens with zero attached hydrogens (tertiary/aromatic N) is 2. The van der Waals surface area contributed by atoms with Crippen LogP contribution in [0.25, 0.3) is 0 Å². The lowest BCUT2D eigenvalue weighted by molar-refractivity contribution is -0.384. The third kappa shape index (κ3) is 6.46. The molecule has 0 heterocycles. The Kier molecular flexibility index (Phi) is 8.05. The zero-order valence-electron chi connectivity index (χ0n) is 17.8. The molecule has 0 amide bonds. The maximum atomic E-state index is 10.9. The van der Waals surface area contributed by atoms with Crippen molar-refractivity contribution in [2.75, 3.05) is 6.61 Å². The number of hydrogen-bond acceptors (Lipinski definition) is 6. The van der Waals surface area contributed by atoms with Crippen LogP contribution in [-0.2, 0) is 18.1 Å². The van der Waals surface area contributed by atoms with E-state index in [4.69, 9.17) is 25.9 Å². The molecule has 0 bridgehead atoms. The summed E-state index contributed by atoms with van der Waals surface area (Å²) in [4.78, 5) is 15.7. The SMILES string of the molecule is CCOc1cc(/C=N\OCc2cccc([N+](=O)[O-])c2)cc(Cl)c1OCc1cccc(C)c1. The molecule has 0 atom stereocenters. The van der Waals surface area contributed by atoms with Crippen molar-refractivity contribution in [3.05, 3.63) is 98.1 Å². The van der Waals surface area contributed by atoms with E-state index in [2.05, 4.69) is 5.16 Å². The maximum absolute atomic E-state index is 10.9. The Bertz CT molecular complexity index is 1120. The van der Waals surface area contributed by atoms with Crippen LogP contribution in [0.1, 0.15) is 29.2 Å². The largest absolute Gasteiger partial charge is 0.490 e. The van der Waals surface area contributed by atoms with E-state index in [0.29, 0.717) is 40.9 Å². The van der Waals surface area contributed by atoms with Crippen LogP contribution in [0.2, 0.25) is 5.02 Å². The van der Waals surface area contributed by atoms with Gasteiger partial charge in [-0.3, -0.25) is 10.1 Å². The van der Waals surface area contributed by atoms with Gasteiger partial charge < -0.3 is 14.3 Å². The molecule has 0 saturated heterocycles. The number of oxime groups is 1.